The molecule has 0 bridgehead atoms. The number of rotatable bonds is 5. The third-order valence-corrected chi connectivity index (χ3v) is 7.11. The van der Waals surface area contributed by atoms with E-state index < -0.39 is 10.0 Å². The standard InChI is InChI=1S/C20H23ClN2O4S/c1-3-23(18-7-5-4-6-15(18)2)20(24)16-8-9-17(21)19(14-16)28(25,26)22-10-12-27-13-11-22/h4-9,14H,3,10-13H2,1-2H3. The quantitative estimate of drug-likeness (QED) is 0.741. The predicted molar refractivity (Wildman–Crippen MR) is 110 cm³/mol. The lowest BCUT2D eigenvalue weighted by atomic mass is 10.1. The fourth-order valence-electron chi connectivity index (χ4n) is 3.21. The van der Waals surface area contributed by atoms with Gasteiger partial charge in [0.05, 0.1) is 18.2 Å². The number of hydrogen-bond donors (Lipinski definition) is 0. The first-order chi connectivity index (χ1) is 13.4. The molecular formula is C20H23ClN2O4S. The topological polar surface area (TPSA) is 66.9 Å². The average molecular weight is 423 g/mol. The van der Waals surface area contributed by atoms with Crippen LogP contribution < -0.4 is 4.90 Å². The van der Waals surface area contributed by atoms with E-state index in [4.69, 9.17) is 16.3 Å². The Balaban J connectivity index is 1.98. The van der Waals surface area contributed by atoms with E-state index >= 15 is 0 Å². The predicted octanol–water partition coefficient (Wildman–Crippen LogP) is 3.34. The summed E-state index contributed by atoms with van der Waals surface area (Å²) in [4.78, 5) is 14.7. The van der Waals surface area contributed by atoms with Crippen molar-refractivity contribution in [1.82, 2.24) is 4.31 Å². The van der Waals surface area contributed by atoms with Crippen molar-refractivity contribution in [1.29, 1.82) is 0 Å². The molecule has 0 spiro atoms. The molecule has 1 heterocycles. The van der Waals surface area contributed by atoms with Gasteiger partial charge >= 0.3 is 0 Å². The molecule has 3 rings (SSSR count). The zero-order valence-electron chi connectivity index (χ0n) is 15.9. The first-order valence-corrected chi connectivity index (χ1v) is 10.9. The Labute approximate surface area is 170 Å². The van der Waals surface area contributed by atoms with E-state index in [0.29, 0.717) is 19.8 Å². The van der Waals surface area contributed by atoms with Gasteiger partial charge in [0.2, 0.25) is 10.0 Å². The van der Waals surface area contributed by atoms with Crippen LogP contribution in [-0.4, -0.2) is 51.5 Å². The summed E-state index contributed by atoms with van der Waals surface area (Å²) in [7, 11) is -3.80. The number of halogens is 1. The Hall–Kier alpha value is -1.93. The Bertz CT molecular complexity index is 972. The number of aryl methyl sites for hydroxylation is 1. The number of amides is 1. The summed E-state index contributed by atoms with van der Waals surface area (Å²) >= 11 is 6.20. The van der Waals surface area contributed by atoms with Crippen molar-refractivity contribution >= 4 is 33.2 Å². The monoisotopic (exact) mass is 422 g/mol. The molecule has 0 atom stereocenters. The molecule has 1 fully saturated rings. The minimum atomic E-state index is -3.80. The first-order valence-electron chi connectivity index (χ1n) is 9.11. The second-order valence-electron chi connectivity index (χ2n) is 6.50. The Kier molecular flexibility index (Phi) is 6.40. The average Bonchev–Trinajstić information content (AvgIpc) is 2.70. The highest BCUT2D eigenvalue weighted by molar-refractivity contribution is 7.89. The number of carbonyl (C=O) groups excluding carboxylic acids is 1. The van der Waals surface area contributed by atoms with Gasteiger partial charge < -0.3 is 9.64 Å². The molecule has 2 aromatic carbocycles. The summed E-state index contributed by atoms with van der Waals surface area (Å²) in [6.45, 7) is 5.48. The molecule has 8 heteroatoms. The van der Waals surface area contributed by atoms with Gasteiger partial charge in [-0.3, -0.25) is 4.79 Å². The number of morpholine rings is 1. The van der Waals surface area contributed by atoms with Gasteiger partial charge in [-0.1, -0.05) is 29.8 Å². The van der Waals surface area contributed by atoms with Crippen LogP contribution in [0.5, 0.6) is 0 Å². The molecule has 0 unspecified atom stereocenters. The van der Waals surface area contributed by atoms with Crippen molar-refractivity contribution < 1.29 is 17.9 Å². The molecule has 28 heavy (non-hydrogen) atoms. The third kappa shape index (κ3) is 4.07. The van der Waals surface area contributed by atoms with Gasteiger partial charge in [0, 0.05) is 30.9 Å². The SMILES string of the molecule is CCN(C(=O)c1ccc(Cl)c(S(=O)(=O)N2CCOCC2)c1)c1ccccc1C. The highest BCUT2D eigenvalue weighted by Crippen LogP contribution is 2.28. The molecule has 0 radical (unpaired) electrons. The van der Waals surface area contributed by atoms with Gasteiger partial charge in [0.1, 0.15) is 4.90 Å². The van der Waals surface area contributed by atoms with E-state index in [-0.39, 0.29) is 34.5 Å². The maximum atomic E-state index is 13.1. The lowest BCUT2D eigenvalue weighted by molar-refractivity contribution is 0.0730. The van der Waals surface area contributed by atoms with Gasteiger partial charge in [-0.05, 0) is 43.7 Å². The van der Waals surface area contributed by atoms with Gasteiger partial charge in [0.25, 0.3) is 5.91 Å². The largest absolute Gasteiger partial charge is 0.379 e. The van der Waals surface area contributed by atoms with Crippen molar-refractivity contribution in [3.63, 3.8) is 0 Å². The van der Waals surface area contributed by atoms with Crippen LogP contribution in [0.1, 0.15) is 22.8 Å². The number of sulfonamides is 1. The normalized spacial score (nSPS) is 15.4. The molecule has 1 aliphatic heterocycles. The van der Waals surface area contributed by atoms with Crippen LogP contribution in [0.2, 0.25) is 5.02 Å². The lowest BCUT2D eigenvalue weighted by Crippen LogP contribution is -2.40. The number of hydrogen-bond acceptors (Lipinski definition) is 4. The van der Waals surface area contributed by atoms with Gasteiger partial charge in [0.15, 0.2) is 0 Å². The lowest BCUT2D eigenvalue weighted by Gasteiger charge is -2.27. The molecule has 0 aliphatic carbocycles. The van der Waals surface area contributed by atoms with E-state index in [1.54, 1.807) is 11.0 Å². The number of anilines is 1. The fourth-order valence-corrected chi connectivity index (χ4v) is 5.11. The second-order valence-corrected chi connectivity index (χ2v) is 8.81. The minimum Gasteiger partial charge on any atom is -0.379 e. The van der Waals surface area contributed by atoms with Crippen LogP contribution in [0, 0.1) is 6.92 Å². The number of carbonyl (C=O) groups is 1. The van der Waals surface area contributed by atoms with Crippen LogP contribution in [0.4, 0.5) is 5.69 Å². The zero-order chi connectivity index (χ0) is 20.3. The first kappa shape index (κ1) is 20.8. The van der Waals surface area contributed by atoms with Crippen LogP contribution >= 0.6 is 11.6 Å². The number of ether oxygens (including phenoxy) is 1. The maximum Gasteiger partial charge on any atom is 0.258 e. The molecule has 0 saturated carbocycles. The number of para-hydroxylation sites is 1. The van der Waals surface area contributed by atoms with Crippen LogP contribution in [-0.2, 0) is 14.8 Å². The number of nitrogens with zero attached hydrogens (tertiary/aromatic N) is 2. The molecule has 2 aromatic rings. The van der Waals surface area contributed by atoms with E-state index in [2.05, 4.69) is 0 Å². The minimum absolute atomic E-state index is 0.0530. The summed E-state index contributed by atoms with van der Waals surface area (Å²) in [5.74, 6) is -0.271. The molecule has 1 saturated heterocycles. The Morgan fingerprint density at radius 1 is 1.18 bits per heavy atom. The molecule has 6 nitrogen and oxygen atoms in total. The zero-order valence-corrected chi connectivity index (χ0v) is 17.5. The van der Waals surface area contributed by atoms with Crippen LogP contribution in [0.25, 0.3) is 0 Å². The van der Waals surface area contributed by atoms with E-state index in [1.807, 2.05) is 38.1 Å². The van der Waals surface area contributed by atoms with Crippen LogP contribution in [0.3, 0.4) is 0 Å². The van der Waals surface area contributed by atoms with Crippen LogP contribution in [0.15, 0.2) is 47.4 Å². The van der Waals surface area contributed by atoms with Gasteiger partial charge in [-0.2, -0.15) is 4.31 Å². The molecule has 0 N–H and O–H groups in total. The molecule has 0 aromatic heterocycles. The highest BCUT2D eigenvalue weighted by atomic mass is 35.5. The van der Waals surface area contributed by atoms with E-state index in [9.17, 15) is 13.2 Å². The smallest absolute Gasteiger partial charge is 0.258 e. The highest BCUT2D eigenvalue weighted by Gasteiger charge is 2.29. The molecular weight excluding hydrogens is 400 g/mol. The summed E-state index contributed by atoms with van der Waals surface area (Å²) in [5.41, 5.74) is 2.04. The summed E-state index contributed by atoms with van der Waals surface area (Å²) < 4.78 is 32.6. The van der Waals surface area contributed by atoms with E-state index in [0.717, 1.165) is 11.3 Å². The van der Waals surface area contributed by atoms with Crippen molar-refractivity contribution in [2.75, 3.05) is 37.7 Å². The third-order valence-electron chi connectivity index (χ3n) is 4.73. The van der Waals surface area contributed by atoms with E-state index in [1.165, 1.54) is 16.4 Å². The van der Waals surface area contributed by atoms with Crippen molar-refractivity contribution in [2.24, 2.45) is 0 Å². The Morgan fingerprint density at radius 2 is 1.86 bits per heavy atom. The molecule has 150 valence electrons. The fraction of sp³-hybridized carbons (Fsp3) is 0.350. The molecule has 1 amide bonds. The molecule has 1 aliphatic rings. The van der Waals surface area contributed by atoms with Gasteiger partial charge in [-0.15, -0.1) is 0 Å². The summed E-state index contributed by atoms with van der Waals surface area (Å²) in [6, 6.07) is 12.0. The second kappa shape index (κ2) is 8.61. The van der Waals surface area contributed by atoms with Crippen molar-refractivity contribution in [3.05, 3.63) is 58.6 Å². The summed E-state index contributed by atoms with van der Waals surface area (Å²) in [6.07, 6.45) is 0. The van der Waals surface area contributed by atoms with Gasteiger partial charge in [-0.25, -0.2) is 8.42 Å². The summed E-state index contributed by atoms with van der Waals surface area (Å²) in [5, 5.41) is 0.0991. The van der Waals surface area contributed by atoms with Crippen molar-refractivity contribution in [3.8, 4) is 0 Å². The number of benzene rings is 2. The Morgan fingerprint density at radius 3 is 2.50 bits per heavy atom. The maximum absolute atomic E-state index is 13.1. The van der Waals surface area contributed by atoms with Crippen molar-refractivity contribution in [2.45, 2.75) is 18.7 Å².